The van der Waals surface area contributed by atoms with E-state index in [0.29, 0.717) is 16.9 Å². The molecular weight excluding hydrogens is 402 g/mol. The zero-order valence-electron chi connectivity index (χ0n) is 16.3. The Hall–Kier alpha value is -4.40. The molecule has 0 radical (unpaired) electrons. The number of pyridine rings is 1. The van der Waals surface area contributed by atoms with Crippen LogP contribution in [0.4, 0.5) is 0 Å². The second-order valence-electron chi connectivity index (χ2n) is 6.53. The average Bonchev–Trinajstić information content (AvgIpc) is 3.24. The Bertz CT molecular complexity index is 1280. The van der Waals surface area contributed by atoms with Crippen LogP contribution in [0.3, 0.4) is 0 Å². The summed E-state index contributed by atoms with van der Waals surface area (Å²) in [4.78, 5) is 32.1. The van der Waals surface area contributed by atoms with Crippen molar-refractivity contribution in [2.45, 2.75) is 0 Å². The standard InChI is InChI=1S/C22H17N3O6/c1-30-14-9-5-8-13(10-14)16-17-20(31-22(25-17)12-6-3-2-4-7-12)19(28)18(24-16)21(29)23-11-15(26)27/h2-10,28H,11H2,1H3,(H,23,29)(H,26,27). The van der Waals surface area contributed by atoms with Crippen LogP contribution in [0.1, 0.15) is 10.5 Å². The van der Waals surface area contributed by atoms with E-state index < -0.39 is 24.2 Å². The molecule has 3 N–H and O–H groups in total. The molecule has 0 bridgehead atoms. The highest BCUT2D eigenvalue weighted by atomic mass is 16.5. The van der Waals surface area contributed by atoms with Gasteiger partial charge in [0.15, 0.2) is 11.4 Å². The van der Waals surface area contributed by atoms with E-state index in [9.17, 15) is 14.7 Å². The largest absolute Gasteiger partial charge is 0.503 e. The number of amides is 1. The van der Waals surface area contributed by atoms with Crippen LogP contribution in [0.5, 0.6) is 11.5 Å². The summed E-state index contributed by atoms with van der Waals surface area (Å²) < 4.78 is 11.1. The average molecular weight is 419 g/mol. The fourth-order valence-corrected chi connectivity index (χ4v) is 3.04. The van der Waals surface area contributed by atoms with E-state index >= 15 is 0 Å². The van der Waals surface area contributed by atoms with Gasteiger partial charge in [0.2, 0.25) is 11.5 Å². The molecule has 2 aromatic carbocycles. The fourth-order valence-electron chi connectivity index (χ4n) is 3.04. The second-order valence-corrected chi connectivity index (χ2v) is 6.53. The van der Waals surface area contributed by atoms with Crippen LogP contribution in [0.15, 0.2) is 59.0 Å². The Morgan fingerprint density at radius 1 is 1.06 bits per heavy atom. The number of nitrogens with one attached hydrogen (secondary N) is 1. The van der Waals surface area contributed by atoms with Gasteiger partial charge in [-0.3, -0.25) is 9.59 Å². The van der Waals surface area contributed by atoms with Crippen molar-refractivity contribution >= 4 is 23.0 Å². The molecule has 156 valence electrons. The van der Waals surface area contributed by atoms with Gasteiger partial charge in [-0.05, 0) is 24.3 Å². The van der Waals surface area contributed by atoms with Crippen LogP contribution < -0.4 is 10.1 Å². The third-order valence-corrected chi connectivity index (χ3v) is 4.49. The van der Waals surface area contributed by atoms with Gasteiger partial charge in [-0.15, -0.1) is 0 Å². The summed E-state index contributed by atoms with van der Waals surface area (Å²) in [6, 6.07) is 16.0. The molecule has 31 heavy (non-hydrogen) atoms. The first kappa shape index (κ1) is 19.9. The van der Waals surface area contributed by atoms with E-state index in [4.69, 9.17) is 14.3 Å². The molecule has 1 amide bonds. The molecule has 9 nitrogen and oxygen atoms in total. The Morgan fingerprint density at radius 2 is 1.81 bits per heavy atom. The highest BCUT2D eigenvalue weighted by Gasteiger charge is 2.25. The number of aliphatic carboxylic acids is 1. The minimum Gasteiger partial charge on any atom is -0.503 e. The number of methoxy groups -OCH3 is 1. The number of hydrogen-bond donors (Lipinski definition) is 3. The number of aromatic nitrogens is 2. The maximum absolute atomic E-state index is 12.5. The normalized spacial score (nSPS) is 10.7. The summed E-state index contributed by atoms with van der Waals surface area (Å²) in [5.41, 5.74) is 1.36. The van der Waals surface area contributed by atoms with Crippen molar-refractivity contribution in [1.82, 2.24) is 15.3 Å². The molecule has 0 unspecified atom stereocenters. The van der Waals surface area contributed by atoms with Gasteiger partial charge in [-0.2, -0.15) is 0 Å². The van der Waals surface area contributed by atoms with E-state index in [1.54, 1.807) is 36.4 Å². The van der Waals surface area contributed by atoms with Gasteiger partial charge in [0.1, 0.15) is 23.5 Å². The predicted octanol–water partition coefficient (Wildman–Crippen LogP) is 3.09. The maximum atomic E-state index is 12.5. The van der Waals surface area contributed by atoms with Crippen molar-refractivity contribution in [2.24, 2.45) is 0 Å². The molecule has 0 aliphatic rings. The fraction of sp³-hybridized carbons (Fsp3) is 0.0909. The van der Waals surface area contributed by atoms with Gasteiger partial charge < -0.3 is 24.7 Å². The third kappa shape index (κ3) is 3.88. The molecule has 0 aliphatic heterocycles. The summed E-state index contributed by atoms with van der Waals surface area (Å²) >= 11 is 0. The van der Waals surface area contributed by atoms with Crippen molar-refractivity contribution < 1.29 is 29.0 Å². The smallest absolute Gasteiger partial charge is 0.322 e. The predicted molar refractivity (Wildman–Crippen MR) is 111 cm³/mol. The lowest BCUT2D eigenvalue weighted by molar-refractivity contribution is -0.135. The summed E-state index contributed by atoms with van der Waals surface area (Å²) in [7, 11) is 1.52. The highest BCUT2D eigenvalue weighted by Crippen LogP contribution is 2.37. The lowest BCUT2D eigenvalue weighted by Crippen LogP contribution is -2.30. The minimum atomic E-state index is -1.23. The van der Waals surface area contributed by atoms with Crippen LogP contribution in [0.2, 0.25) is 0 Å². The Labute approximate surface area is 175 Å². The molecular formula is C22H17N3O6. The van der Waals surface area contributed by atoms with Crippen LogP contribution in [-0.4, -0.2) is 45.7 Å². The van der Waals surface area contributed by atoms with Crippen LogP contribution in [-0.2, 0) is 4.79 Å². The quantitative estimate of drug-likeness (QED) is 0.434. The minimum absolute atomic E-state index is 0.0350. The lowest BCUT2D eigenvalue weighted by Gasteiger charge is -2.09. The molecule has 2 heterocycles. The van der Waals surface area contributed by atoms with E-state index in [2.05, 4.69) is 15.3 Å². The molecule has 0 saturated carbocycles. The third-order valence-electron chi connectivity index (χ3n) is 4.49. The van der Waals surface area contributed by atoms with Crippen molar-refractivity contribution in [1.29, 1.82) is 0 Å². The number of hydrogen-bond acceptors (Lipinski definition) is 7. The first-order chi connectivity index (χ1) is 15.0. The van der Waals surface area contributed by atoms with Crippen LogP contribution >= 0.6 is 0 Å². The molecule has 0 atom stereocenters. The monoisotopic (exact) mass is 419 g/mol. The van der Waals surface area contributed by atoms with E-state index in [1.165, 1.54) is 7.11 Å². The Kier molecular flexibility index (Phi) is 5.23. The van der Waals surface area contributed by atoms with E-state index in [0.717, 1.165) is 0 Å². The maximum Gasteiger partial charge on any atom is 0.322 e. The molecule has 4 aromatic rings. The summed E-state index contributed by atoms with van der Waals surface area (Å²) in [6.07, 6.45) is 0. The number of fused-ring (bicyclic) bond motifs is 1. The number of carbonyl (C=O) groups is 2. The zero-order chi connectivity index (χ0) is 22.0. The summed E-state index contributed by atoms with van der Waals surface area (Å²) in [6.45, 7) is -0.627. The van der Waals surface area contributed by atoms with Gasteiger partial charge in [0, 0.05) is 11.1 Å². The first-order valence-electron chi connectivity index (χ1n) is 9.21. The Morgan fingerprint density at radius 3 is 2.52 bits per heavy atom. The molecule has 2 aromatic heterocycles. The topological polar surface area (TPSA) is 135 Å². The highest BCUT2D eigenvalue weighted by molar-refractivity contribution is 6.04. The SMILES string of the molecule is COc1cccc(-c2nc(C(=O)NCC(=O)O)c(O)c3oc(-c4ccccc4)nc23)c1. The number of carbonyl (C=O) groups excluding carboxylic acids is 1. The number of nitrogens with zero attached hydrogens (tertiary/aromatic N) is 2. The number of carboxylic acids is 1. The molecule has 0 fully saturated rings. The molecule has 4 rings (SSSR count). The second kappa shape index (κ2) is 8.15. The number of benzene rings is 2. The van der Waals surface area contributed by atoms with Crippen molar-refractivity contribution in [2.75, 3.05) is 13.7 Å². The van der Waals surface area contributed by atoms with Crippen LogP contribution in [0, 0.1) is 0 Å². The summed E-state index contributed by atoms with van der Waals surface area (Å²) in [5, 5.41) is 21.7. The van der Waals surface area contributed by atoms with E-state index in [-0.39, 0.29) is 28.4 Å². The van der Waals surface area contributed by atoms with Crippen LogP contribution in [0.25, 0.3) is 33.8 Å². The summed E-state index contributed by atoms with van der Waals surface area (Å²) in [5.74, 6) is -1.82. The molecule has 0 spiro atoms. The van der Waals surface area contributed by atoms with E-state index in [1.807, 2.05) is 18.2 Å². The Balaban J connectivity index is 1.94. The van der Waals surface area contributed by atoms with Gasteiger partial charge in [0.25, 0.3) is 5.91 Å². The van der Waals surface area contributed by atoms with Crippen molar-refractivity contribution in [3.8, 4) is 34.2 Å². The number of carboxylic acid groups (broad SMARTS) is 1. The number of oxazole rings is 1. The van der Waals surface area contributed by atoms with Gasteiger partial charge >= 0.3 is 5.97 Å². The number of rotatable bonds is 6. The first-order valence-corrected chi connectivity index (χ1v) is 9.21. The molecule has 0 saturated heterocycles. The van der Waals surface area contributed by atoms with Gasteiger partial charge in [-0.1, -0.05) is 30.3 Å². The lowest BCUT2D eigenvalue weighted by atomic mass is 10.1. The molecule has 0 aliphatic carbocycles. The van der Waals surface area contributed by atoms with Gasteiger partial charge in [-0.25, -0.2) is 9.97 Å². The molecule has 9 heteroatoms. The number of aromatic hydroxyl groups is 1. The van der Waals surface area contributed by atoms with Crippen molar-refractivity contribution in [3.05, 3.63) is 60.3 Å². The zero-order valence-corrected chi connectivity index (χ0v) is 16.3. The number of ether oxygens (including phenoxy) is 1. The van der Waals surface area contributed by atoms with Gasteiger partial charge in [0.05, 0.1) is 7.11 Å². The van der Waals surface area contributed by atoms with Crippen molar-refractivity contribution in [3.63, 3.8) is 0 Å².